The van der Waals surface area contributed by atoms with E-state index < -0.39 is 15.8 Å². The van der Waals surface area contributed by atoms with E-state index in [1.165, 1.54) is 12.1 Å². The van der Waals surface area contributed by atoms with E-state index in [1.54, 1.807) is 6.92 Å². The molecule has 3 nitrogen and oxygen atoms in total. The molecule has 0 fully saturated rings. The first-order chi connectivity index (χ1) is 8.99. The Hall–Kier alpha value is -1.72. The Morgan fingerprint density at radius 2 is 1.58 bits per heavy atom. The molecule has 2 rings (SSSR count). The molecule has 0 saturated heterocycles. The molecule has 100 valence electrons. The average molecular weight is 279 g/mol. The van der Waals surface area contributed by atoms with Gasteiger partial charge < -0.3 is 0 Å². The molecule has 0 heterocycles. The summed E-state index contributed by atoms with van der Waals surface area (Å²) < 4.78 is 39.5. The summed E-state index contributed by atoms with van der Waals surface area (Å²) in [7, 11) is -3.64. The van der Waals surface area contributed by atoms with Crippen molar-refractivity contribution in [2.24, 2.45) is 0 Å². The molecule has 0 amide bonds. The lowest BCUT2D eigenvalue weighted by Crippen LogP contribution is -2.26. The van der Waals surface area contributed by atoms with Crippen molar-refractivity contribution in [3.05, 3.63) is 66.0 Å². The Balaban J connectivity index is 2.20. The zero-order valence-electron chi connectivity index (χ0n) is 10.4. The van der Waals surface area contributed by atoms with Crippen molar-refractivity contribution in [2.75, 3.05) is 0 Å². The van der Waals surface area contributed by atoms with Crippen molar-refractivity contribution >= 4 is 10.0 Å². The van der Waals surface area contributed by atoms with Crippen molar-refractivity contribution < 1.29 is 12.8 Å². The summed E-state index contributed by atoms with van der Waals surface area (Å²) in [6.07, 6.45) is 0. The lowest BCUT2D eigenvalue weighted by molar-refractivity contribution is 0.566. The molecule has 0 aromatic heterocycles. The van der Waals surface area contributed by atoms with Crippen LogP contribution >= 0.6 is 0 Å². The van der Waals surface area contributed by atoms with Gasteiger partial charge in [-0.1, -0.05) is 30.3 Å². The van der Waals surface area contributed by atoms with E-state index in [0.29, 0.717) is 0 Å². The summed E-state index contributed by atoms with van der Waals surface area (Å²) >= 11 is 0. The van der Waals surface area contributed by atoms with Crippen LogP contribution in [-0.4, -0.2) is 8.42 Å². The maximum atomic E-state index is 12.8. The molecule has 0 spiro atoms. The molecule has 5 heteroatoms. The number of rotatable bonds is 4. The maximum Gasteiger partial charge on any atom is 0.241 e. The van der Waals surface area contributed by atoms with Gasteiger partial charge in [0.05, 0.1) is 4.90 Å². The van der Waals surface area contributed by atoms with Gasteiger partial charge in [0.15, 0.2) is 0 Å². The smallest absolute Gasteiger partial charge is 0.207 e. The van der Waals surface area contributed by atoms with Crippen molar-refractivity contribution in [1.82, 2.24) is 4.72 Å². The molecular formula is C14H14FNO2S. The summed E-state index contributed by atoms with van der Waals surface area (Å²) in [6.45, 7) is 1.76. The summed E-state index contributed by atoms with van der Waals surface area (Å²) in [5.74, 6) is -0.463. The summed E-state index contributed by atoms with van der Waals surface area (Å²) in [6, 6.07) is 13.6. The largest absolute Gasteiger partial charge is 0.241 e. The van der Waals surface area contributed by atoms with Crippen LogP contribution in [0.5, 0.6) is 0 Å². The van der Waals surface area contributed by atoms with Gasteiger partial charge in [-0.25, -0.2) is 17.5 Å². The second-order valence-electron chi connectivity index (χ2n) is 4.21. The fraction of sp³-hybridized carbons (Fsp3) is 0.143. The van der Waals surface area contributed by atoms with E-state index in [4.69, 9.17) is 0 Å². The quantitative estimate of drug-likeness (QED) is 0.935. The third-order valence-electron chi connectivity index (χ3n) is 2.76. The van der Waals surface area contributed by atoms with E-state index in [1.807, 2.05) is 30.3 Å². The number of hydrogen-bond donors (Lipinski definition) is 1. The molecule has 19 heavy (non-hydrogen) atoms. The Bertz CT molecular complexity index is 639. The Morgan fingerprint density at radius 3 is 2.16 bits per heavy atom. The standard InChI is InChI=1S/C14H14FNO2S/c1-11(12-5-3-2-4-6-12)16-19(17,18)14-9-7-13(15)8-10-14/h2-11,16H,1H3/t11-/m0/s1. The monoisotopic (exact) mass is 279 g/mol. The molecular weight excluding hydrogens is 265 g/mol. The second-order valence-corrected chi connectivity index (χ2v) is 5.92. The minimum atomic E-state index is -3.64. The minimum absolute atomic E-state index is 0.0525. The predicted molar refractivity (Wildman–Crippen MR) is 71.6 cm³/mol. The van der Waals surface area contributed by atoms with Crippen LogP contribution in [0.25, 0.3) is 0 Å². The lowest BCUT2D eigenvalue weighted by Gasteiger charge is -2.14. The molecule has 1 atom stereocenters. The SMILES string of the molecule is C[C@H](NS(=O)(=O)c1ccc(F)cc1)c1ccccc1. The highest BCUT2D eigenvalue weighted by atomic mass is 32.2. The van der Waals surface area contributed by atoms with Crippen LogP contribution in [0.2, 0.25) is 0 Å². The van der Waals surface area contributed by atoms with Crippen LogP contribution in [0.3, 0.4) is 0 Å². The van der Waals surface area contributed by atoms with Crippen LogP contribution in [0.4, 0.5) is 4.39 Å². The zero-order valence-corrected chi connectivity index (χ0v) is 11.2. The fourth-order valence-corrected chi connectivity index (χ4v) is 2.96. The van der Waals surface area contributed by atoms with Gasteiger partial charge in [-0.05, 0) is 36.8 Å². The summed E-state index contributed by atoms with van der Waals surface area (Å²) in [5.41, 5.74) is 0.869. The Kier molecular flexibility index (Phi) is 3.97. The molecule has 0 aliphatic heterocycles. The van der Waals surface area contributed by atoms with E-state index in [2.05, 4.69) is 4.72 Å². The number of halogens is 1. The Labute approximate surface area is 112 Å². The highest BCUT2D eigenvalue weighted by Crippen LogP contribution is 2.16. The highest BCUT2D eigenvalue weighted by molar-refractivity contribution is 7.89. The number of sulfonamides is 1. The van der Waals surface area contributed by atoms with Gasteiger partial charge in [0.25, 0.3) is 0 Å². The fourth-order valence-electron chi connectivity index (χ4n) is 1.72. The molecule has 0 aliphatic rings. The van der Waals surface area contributed by atoms with Gasteiger partial charge in [-0.15, -0.1) is 0 Å². The van der Waals surface area contributed by atoms with E-state index in [-0.39, 0.29) is 10.9 Å². The first kappa shape index (κ1) is 13.7. The molecule has 0 aliphatic carbocycles. The molecule has 1 N–H and O–H groups in total. The number of benzene rings is 2. The van der Waals surface area contributed by atoms with Crippen LogP contribution in [0.15, 0.2) is 59.5 Å². The van der Waals surface area contributed by atoms with Crippen LogP contribution in [0.1, 0.15) is 18.5 Å². The minimum Gasteiger partial charge on any atom is -0.207 e. The van der Waals surface area contributed by atoms with Gasteiger partial charge in [-0.3, -0.25) is 0 Å². The zero-order chi connectivity index (χ0) is 13.9. The van der Waals surface area contributed by atoms with Gasteiger partial charge in [0, 0.05) is 6.04 Å². The topological polar surface area (TPSA) is 46.2 Å². The molecule has 0 bridgehead atoms. The average Bonchev–Trinajstić information content (AvgIpc) is 2.40. The third-order valence-corrected chi connectivity index (χ3v) is 4.31. The van der Waals surface area contributed by atoms with Crippen molar-refractivity contribution in [1.29, 1.82) is 0 Å². The first-order valence-electron chi connectivity index (χ1n) is 5.82. The van der Waals surface area contributed by atoms with Gasteiger partial charge in [-0.2, -0.15) is 0 Å². The van der Waals surface area contributed by atoms with Gasteiger partial charge >= 0.3 is 0 Å². The molecule has 0 unspecified atom stereocenters. The maximum absolute atomic E-state index is 12.8. The summed E-state index contributed by atoms with van der Waals surface area (Å²) in [5, 5.41) is 0. The predicted octanol–water partition coefficient (Wildman–Crippen LogP) is 2.87. The molecule has 0 saturated carbocycles. The van der Waals surface area contributed by atoms with Crippen molar-refractivity contribution in [2.45, 2.75) is 17.9 Å². The van der Waals surface area contributed by atoms with Gasteiger partial charge in [0.2, 0.25) is 10.0 Å². The lowest BCUT2D eigenvalue weighted by atomic mass is 10.1. The first-order valence-corrected chi connectivity index (χ1v) is 7.30. The highest BCUT2D eigenvalue weighted by Gasteiger charge is 2.18. The molecule has 2 aromatic carbocycles. The van der Waals surface area contributed by atoms with E-state index >= 15 is 0 Å². The van der Waals surface area contributed by atoms with Crippen LogP contribution < -0.4 is 4.72 Å². The number of hydrogen-bond acceptors (Lipinski definition) is 2. The van der Waals surface area contributed by atoms with E-state index in [0.717, 1.165) is 17.7 Å². The second kappa shape index (κ2) is 5.50. The molecule has 0 radical (unpaired) electrons. The molecule has 2 aromatic rings. The number of nitrogens with one attached hydrogen (secondary N) is 1. The van der Waals surface area contributed by atoms with Crippen LogP contribution in [0, 0.1) is 5.82 Å². The normalized spacial score (nSPS) is 13.2. The van der Waals surface area contributed by atoms with E-state index in [9.17, 15) is 12.8 Å². The van der Waals surface area contributed by atoms with Crippen LogP contribution in [-0.2, 0) is 10.0 Å². The van der Waals surface area contributed by atoms with Crippen molar-refractivity contribution in [3.63, 3.8) is 0 Å². The third kappa shape index (κ3) is 3.39. The summed E-state index contributed by atoms with van der Waals surface area (Å²) in [4.78, 5) is 0.0525. The van der Waals surface area contributed by atoms with Crippen molar-refractivity contribution in [3.8, 4) is 0 Å². The van der Waals surface area contributed by atoms with Gasteiger partial charge in [0.1, 0.15) is 5.82 Å². The Morgan fingerprint density at radius 1 is 1.00 bits per heavy atom.